The summed E-state index contributed by atoms with van der Waals surface area (Å²) >= 11 is 0. The van der Waals surface area contributed by atoms with E-state index < -0.39 is 0 Å². The van der Waals surface area contributed by atoms with Crippen molar-refractivity contribution >= 4 is 5.97 Å². The van der Waals surface area contributed by atoms with Crippen LogP contribution in [0.2, 0.25) is 0 Å². The molecule has 2 nitrogen and oxygen atoms in total. The predicted molar refractivity (Wildman–Crippen MR) is 81.9 cm³/mol. The number of carbonyl (C=O) groups excluding carboxylic acids is 1. The lowest BCUT2D eigenvalue weighted by Crippen LogP contribution is -2.05. The Labute approximate surface area is 119 Å². The van der Waals surface area contributed by atoms with Gasteiger partial charge in [0, 0.05) is 5.57 Å². The average molecular weight is 267 g/mol. The largest absolute Gasteiger partial charge is 0.462 e. The van der Waals surface area contributed by atoms with Gasteiger partial charge in [-0.1, -0.05) is 71.3 Å². The van der Waals surface area contributed by atoms with Crippen LogP contribution in [0.5, 0.6) is 0 Å². The molecule has 0 saturated carbocycles. The molecule has 0 N–H and O–H groups in total. The molecule has 0 aliphatic rings. The minimum atomic E-state index is -0.262. The van der Waals surface area contributed by atoms with Crippen molar-refractivity contribution < 1.29 is 9.53 Å². The van der Waals surface area contributed by atoms with Crippen molar-refractivity contribution in [2.75, 3.05) is 6.61 Å². The molecule has 0 aliphatic carbocycles. The molecule has 1 radical (unpaired) electrons. The van der Waals surface area contributed by atoms with Gasteiger partial charge in [-0.25, -0.2) is 4.79 Å². The third kappa shape index (κ3) is 13.4. The summed E-state index contributed by atoms with van der Waals surface area (Å²) in [6, 6.07) is 0. The quantitative estimate of drug-likeness (QED) is 0.259. The smallest absolute Gasteiger partial charge is 0.333 e. The molecule has 0 aliphatic heterocycles. The molecule has 0 amide bonds. The van der Waals surface area contributed by atoms with Crippen LogP contribution in [0.25, 0.3) is 0 Å². The molecule has 0 rings (SSSR count). The standard InChI is InChI=1S/C17H31O2/c1-4-5-6-7-8-9-10-11-12-13-14-15-19-17(18)16(2)3/h8H,2,4-7,9-15H2,1,3H3. The first kappa shape index (κ1) is 18.2. The lowest BCUT2D eigenvalue weighted by Gasteiger charge is -2.04. The Kier molecular flexibility index (Phi) is 13.1. The van der Waals surface area contributed by atoms with E-state index in [0.717, 1.165) is 12.8 Å². The Morgan fingerprint density at radius 1 is 1.00 bits per heavy atom. The first-order chi connectivity index (χ1) is 9.18. The van der Waals surface area contributed by atoms with E-state index >= 15 is 0 Å². The number of hydrogen-bond acceptors (Lipinski definition) is 2. The zero-order valence-corrected chi connectivity index (χ0v) is 12.9. The number of unbranched alkanes of at least 4 members (excludes halogenated alkanes) is 10. The van der Waals surface area contributed by atoms with Crippen molar-refractivity contribution in [3.63, 3.8) is 0 Å². The van der Waals surface area contributed by atoms with Crippen molar-refractivity contribution in [2.24, 2.45) is 0 Å². The van der Waals surface area contributed by atoms with Crippen LogP contribution >= 0.6 is 0 Å². The predicted octanol–water partition coefficient (Wildman–Crippen LogP) is 5.23. The maximum Gasteiger partial charge on any atom is 0.333 e. The maximum absolute atomic E-state index is 11.1. The third-order valence-electron chi connectivity index (χ3n) is 3.15. The van der Waals surface area contributed by atoms with Crippen LogP contribution in [0.4, 0.5) is 0 Å². The van der Waals surface area contributed by atoms with Crippen LogP contribution in [0, 0.1) is 6.42 Å². The monoisotopic (exact) mass is 267 g/mol. The molecule has 0 aromatic carbocycles. The number of ether oxygens (including phenoxy) is 1. The zero-order chi connectivity index (χ0) is 14.3. The first-order valence-corrected chi connectivity index (χ1v) is 7.82. The summed E-state index contributed by atoms with van der Waals surface area (Å²) in [6.45, 7) is 8.01. The highest BCUT2D eigenvalue weighted by Gasteiger charge is 2.01. The average Bonchev–Trinajstić information content (AvgIpc) is 2.39. The fraction of sp³-hybridized carbons (Fsp3) is 0.765. The van der Waals surface area contributed by atoms with Crippen molar-refractivity contribution in [2.45, 2.75) is 78.1 Å². The molecular weight excluding hydrogens is 236 g/mol. The Hall–Kier alpha value is -0.790. The van der Waals surface area contributed by atoms with Gasteiger partial charge in [-0.05, 0) is 19.8 Å². The van der Waals surface area contributed by atoms with E-state index in [9.17, 15) is 4.79 Å². The number of hydrogen-bond donors (Lipinski definition) is 0. The molecule has 2 heteroatoms. The van der Waals surface area contributed by atoms with Crippen LogP contribution < -0.4 is 0 Å². The van der Waals surface area contributed by atoms with Gasteiger partial charge < -0.3 is 4.74 Å². The van der Waals surface area contributed by atoms with E-state index in [4.69, 9.17) is 4.74 Å². The van der Waals surface area contributed by atoms with Gasteiger partial charge in [0.15, 0.2) is 0 Å². The highest BCUT2D eigenvalue weighted by atomic mass is 16.5. The number of rotatable bonds is 13. The Morgan fingerprint density at radius 3 is 2.21 bits per heavy atom. The van der Waals surface area contributed by atoms with E-state index in [1.807, 2.05) is 0 Å². The number of carbonyl (C=O) groups is 1. The van der Waals surface area contributed by atoms with Crippen LogP contribution in [0.3, 0.4) is 0 Å². The maximum atomic E-state index is 11.1. The Morgan fingerprint density at radius 2 is 1.58 bits per heavy atom. The lowest BCUT2D eigenvalue weighted by molar-refractivity contribution is -0.139. The van der Waals surface area contributed by atoms with E-state index in [0.29, 0.717) is 12.2 Å². The van der Waals surface area contributed by atoms with Crippen molar-refractivity contribution in [1.82, 2.24) is 0 Å². The van der Waals surface area contributed by atoms with Gasteiger partial charge in [-0.2, -0.15) is 0 Å². The zero-order valence-electron chi connectivity index (χ0n) is 12.9. The first-order valence-electron chi connectivity index (χ1n) is 7.82. The molecule has 0 atom stereocenters. The normalized spacial score (nSPS) is 10.4. The molecule has 0 unspecified atom stereocenters. The van der Waals surface area contributed by atoms with Gasteiger partial charge >= 0.3 is 5.97 Å². The van der Waals surface area contributed by atoms with Gasteiger partial charge in [0.2, 0.25) is 0 Å². The number of esters is 1. The summed E-state index contributed by atoms with van der Waals surface area (Å²) < 4.78 is 5.04. The summed E-state index contributed by atoms with van der Waals surface area (Å²) in [7, 11) is 0. The molecule has 0 saturated heterocycles. The highest BCUT2D eigenvalue weighted by molar-refractivity contribution is 5.86. The summed E-state index contributed by atoms with van der Waals surface area (Å²) in [5, 5.41) is 0. The van der Waals surface area contributed by atoms with Gasteiger partial charge in [0.05, 0.1) is 6.61 Å². The van der Waals surface area contributed by atoms with Gasteiger partial charge in [-0.3, -0.25) is 0 Å². The fourth-order valence-electron chi connectivity index (χ4n) is 1.89. The van der Waals surface area contributed by atoms with Crippen LogP contribution in [0.15, 0.2) is 12.2 Å². The fourth-order valence-corrected chi connectivity index (χ4v) is 1.89. The molecule has 0 heterocycles. The highest BCUT2D eigenvalue weighted by Crippen LogP contribution is 2.10. The van der Waals surface area contributed by atoms with E-state index in [1.165, 1.54) is 51.4 Å². The lowest BCUT2D eigenvalue weighted by atomic mass is 10.1. The third-order valence-corrected chi connectivity index (χ3v) is 3.15. The summed E-state index contributed by atoms with van der Waals surface area (Å²) in [5.41, 5.74) is 0.485. The molecular formula is C17H31O2. The minimum absolute atomic E-state index is 0.262. The topological polar surface area (TPSA) is 26.3 Å². The molecule has 0 spiro atoms. The van der Waals surface area contributed by atoms with Crippen LogP contribution in [-0.2, 0) is 9.53 Å². The van der Waals surface area contributed by atoms with Crippen molar-refractivity contribution in [3.8, 4) is 0 Å². The second-order valence-corrected chi connectivity index (χ2v) is 5.26. The molecule has 0 fully saturated rings. The molecule has 0 bridgehead atoms. The summed E-state index contributed by atoms with van der Waals surface area (Å²) in [4.78, 5) is 11.1. The van der Waals surface area contributed by atoms with Crippen LogP contribution in [-0.4, -0.2) is 12.6 Å². The van der Waals surface area contributed by atoms with Gasteiger partial charge in [-0.15, -0.1) is 0 Å². The Bertz CT molecular complexity index is 233. The van der Waals surface area contributed by atoms with Crippen LogP contribution in [0.1, 0.15) is 78.1 Å². The second-order valence-electron chi connectivity index (χ2n) is 5.26. The van der Waals surface area contributed by atoms with Gasteiger partial charge in [0.1, 0.15) is 0 Å². The van der Waals surface area contributed by atoms with E-state index in [2.05, 4.69) is 19.9 Å². The molecule has 0 aromatic heterocycles. The second kappa shape index (κ2) is 13.6. The van der Waals surface area contributed by atoms with Crippen molar-refractivity contribution in [1.29, 1.82) is 0 Å². The molecule has 0 aromatic rings. The minimum Gasteiger partial charge on any atom is -0.462 e. The van der Waals surface area contributed by atoms with Gasteiger partial charge in [0.25, 0.3) is 0 Å². The van der Waals surface area contributed by atoms with E-state index in [-0.39, 0.29) is 5.97 Å². The summed E-state index contributed by atoms with van der Waals surface area (Å²) in [5.74, 6) is -0.262. The molecule has 111 valence electrons. The summed E-state index contributed by atoms with van der Waals surface area (Å²) in [6.07, 6.45) is 15.0. The van der Waals surface area contributed by atoms with Crippen molar-refractivity contribution in [3.05, 3.63) is 18.6 Å². The SMILES string of the molecule is C=C(C)C(=O)OCCCCCCC[CH]CCCCC. The van der Waals surface area contributed by atoms with E-state index in [1.54, 1.807) is 6.92 Å². The Balaban J connectivity index is 3.07. The molecule has 19 heavy (non-hydrogen) atoms.